The average molecular weight is 279 g/mol. The van der Waals surface area contributed by atoms with Gasteiger partial charge >= 0.3 is 0 Å². The molecule has 0 saturated heterocycles. The largest absolute Gasteiger partial charge is 0.342 e. The fraction of sp³-hybridized carbons (Fsp3) is 0.462. The first-order valence-electron chi connectivity index (χ1n) is 6.45. The summed E-state index contributed by atoms with van der Waals surface area (Å²) in [5, 5.41) is 3.42. The topological polar surface area (TPSA) is 74.8 Å². The van der Waals surface area contributed by atoms with Crippen LogP contribution in [0.2, 0.25) is 0 Å². The third-order valence-electron chi connectivity index (χ3n) is 3.30. The minimum atomic E-state index is -3.24. The van der Waals surface area contributed by atoms with Crippen molar-refractivity contribution in [2.45, 2.75) is 30.2 Å². The standard InChI is InChI=1S/C13H17N3O2S/c1-19(17,18)11-4-2-3-10-13(11)16-12(15-10)7-8-14-9-5-6-9/h2-4,9,14H,5-8H2,1H3,(H,15,16). The number of para-hydroxylation sites is 1. The number of fused-ring (bicyclic) bond motifs is 1. The molecule has 0 unspecified atom stereocenters. The molecular weight excluding hydrogens is 262 g/mol. The van der Waals surface area contributed by atoms with Crippen molar-refractivity contribution in [3.63, 3.8) is 0 Å². The number of nitrogens with zero attached hydrogens (tertiary/aromatic N) is 1. The molecule has 1 saturated carbocycles. The van der Waals surface area contributed by atoms with Crippen LogP contribution in [-0.4, -0.2) is 37.2 Å². The summed E-state index contributed by atoms with van der Waals surface area (Å²) in [5.74, 6) is 0.833. The summed E-state index contributed by atoms with van der Waals surface area (Å²) in [5.41, 5.74) is 1.33. The van der Waals surface area contributed by atoms with Gasteiger partial charge in [-0.2, -0.15) is 0 Å². The molecule has 1 heterocycles. The summed E-state index contributed by atoms with van der Waals surface area (Å²) in [4.78, 5) is 7.90. The van der Waals surface area contributed by atoms with Gasteiger partial charge in [0.15, 0.2) is 9.84 Å². The number of aromatic amines is 1. The van der Waals surface area contributed by atoms with E-state index in [0.717, 1.165) is 24.3 Å². The van der Waals surface area contributed by atoms with Gasteiger partial charge in [0.05, 0.1) is 10.4 Å². The van der Waals surface area contributed by atoms with Gasteiger partial charge in [0.25, 0.3) is 0 Å². The molecule has 1 aliphatic rings. The maximum absolute atomic E-state index is 11.7. The van der Waals surface area contributed by atoms with Crippen molar-refractivity contribution in [3.8, 4) is 0 Å². The highest BCUT2D eigenvalue weighted by molar-refractivity contribution is 7.91. The van der Waals surface area contributed by atoms with E-state index >= 15 is 0 Å². The molecule has 0 radical (unpaired) electrons. The van der Waals surface area contributed by atoms with Crippen molar-refractivity contribution in [2.75, 3.05) is 12.8 Å². The Bertz CT molecular complexity index is 702. The molecule has 3 rings (SSSR count). The number of hydrogen-bond acceptors (Lipinski definition) is 4. The monoisotopic (exact) mass is 279 g/mol. The molecule has 2 N–H and O–H groups in total. The van der Waals surface area contributed by atoms with Gasteiger partial charge in [-0.25, -0.2) is 13.4 Å². The van der Waals surface area contributed by atoms with Crippen molar-refractivity contribution < 1.29 is 8.42 Å². The van der Waals surface area contributed by atoms with Crippen LogP contribution in [0, 0.1) is 0 Å². The van der Waals surface area contributed by atoms with E-state index in [1.165, 1.54) is 19.1 Å². The number of hydrogen-bond donors (Lipinski definition) is 2. The zero-order valence-electron chi connectivity index (χ0n) is 10.8. The van der Waals surface area contributed by atoms with Gasteiger partial charge < -0.3 is 10.3 Å². The summed E-state index contributed by atoms with van der Waals surface area (Å²) >= 11 is 0. The summed E-state index contributed by atoms with van der Waals surface area (Å²) in [6, 6.07) is 5.87. The Kier molecular flexibility index (Phi) is 3.06. The second-order valence-electron chi connectivity index (χ2n) is 5.09. The summed E-state index contributed by atoms with van der Waals surface area (Å²) in [6.07, 6.45) is 4.52. The Labute approximate surface area is 112 Å². The Morgan fingerprint density at radius 3 is 2.89 bits per heavy atom. The lowest BCUT2D eigenvalue weighted by molar-refractivity contribution is 0.602. The van der Waals surface area contributed by atoms with Crippen LogP contribution in [0.1, 0.15) is 18.7 Å². The number of nitrogens with one attached hydrogen (secondary N) is 2. The molecule has 0 bridgehead atoms. The van der Waals surface area contributed by atoms with E-state index in [4.69, 9.17) is 0 Å². The molecule has 0 spiro atoms. The quantitative estimate of drug-likeness (QED) is 0.864. The molecule has 5 nitrogen and oxygen atoms in total. The Morgan fingerprint density at radius 2 is 2.21 bits per heavy atom. The van der Waals surface area contributed by atoms with Crippen LogP contribution in [0.15, 0.2) is 23.1 Å². The first-order chi connectivity index (χ1) is 9.04. The maximum atomic E-state index is 11.7. The molecule has 0 amide bonds. The summed E-state index contributed by atoms with van der Waals surface area (Å²) in [7, 11) is -3.24. The van der Waals surface area contributed by atoms with Crippen molar-refractivity contribution in [1.82, 2.24) is 15.3 Å². The van der Waals surface area contributed by atoms with E-state index in [1.54, 1.807) is 12.1 Å². The summed E-state index contributed by atoms with van der Waals surface area (Å²) < 4.78 is 23.4. The highest BCUT2D eigenvalue weighted by Gasteiger charge is 2.20. The minimum Gasteiger partial charge on any atom is -0.342 e. The third kappa shape index (κ3) is 2.79. The molecular formula is C13H17N3O2S. The number of aromatic nitrogens is 2. The number of benzene rings is 1. The van der Waals surface area contributed by atoms with Crippen molar-refractivity contribution in [2.24, 2.45) is 0 Å². The van der Waals surface area contributed by atoms with E-state index in [9.17, 15) is 8.42 Å². The van der Waals surface area contributed by atoms with Crippen molar-refractivity contribution in [3.05, 3.63) is 24.0 Å². The molecule has 1 fully saturated rings. The number of H-pyrrole nitrogens is 1. The number of sulfone groups is 1. The van der Waals surface area contributed by atoms with E-state index in [1.807, 2.05) is 6.07 Å². The van der Waals surface area contributed by atoms with Gasteiger partial charge in [-0.3, -0.25) is 0 Å². The Balaban J connectivity index is 1.87. The molecule has 0 atom stereocenters. The number of rotatable bonds is 5. The van der Waals surface area contributed by atoms with Crippen LogP contribution >= 0.6 is 0 Å². The molecule has 1 aromatic carbocycles. The molecule has 1 aliphatic carbocycles. The Hall–Kier alpha value is -1.40. The first kappa shape index (κ1) is 12.6. The van der Waals surface area contributed by atoms with Crippen molar-refractivity contribution >= 4 is 20.9 Å². The zero-order valence-corrected chi connectivity index (χ0v) is 11.6. The predicted molar refractivity (Wildman–Crippen MR) is 73.9 cm³/mol. The van der Waals surface area contributed by atoms with E-state index in [2.05, 4.69) is 15.3 Å². The van der Waals surface area contributed by atoms with Gasteiger partial charge in [0.2, 0.25) is 0 Å². The summed E-state index contributed by atoms with van der Waals surface area (Å²) in [6.45, 7) is 0.874. The molecule has 0 aliphatic heterocycles. The highest BCUT2D eigenvalue weighted by Crippen LogP contribution is 2.21. The van der Waals surface area contributed by atoms with E-state index < -0.39 is 9.84 Å². The second kappa shape index (κ2) is 4.61. The smallest absolute Gasteiger partial charge is 0.177 e. The van der Waals surface area contributed by atoms with Crippen LogP contribution < -0.4 is 5.32 Å². The van der Waals surface area contributed by atoms with Gasteiger partial charge in [-0.1, -0.05) is 6.07 Å². The maximum Gasteiger partial charge on any atom is 0.177 e. The second-order valence-corrected chi connectivity index (χ2v) is 7.07. The van der Waals surface area contributed by atoms with Gasteiger partial charge in [-0.15, -0.1) is 0 Å². The third-order valence-corrected chi connectivity index (χ3v) is 4.42. The lowest BCUT2D eigenvalue weighted by Gasteiger charge is -1.99. The number of imidazole rings is 1. The lowest BCUT2D eigenvalue weighted by Crippen LogP contribution is -2.19. The lowest BCUT2D eigenvalue weighted by atomic mass is 10.3. The van der Waals surface area contributed by atoms with Crippen LogP contribution in [0.5, 0.6) is 0 Å². The van der Waals surface area contributed by atoms with Gasteiger partial charge in [-0.05, 0) is 25.0 Å². The fourth-order valence-electron chi connectivity index (χ4n) is 2.16. The minimum absolute atomic E-state index is 0.294. The first-order valence-corrected chi connectivity index (χ1v) is 8.34. The van der Waals surface area contributed by atoms with Crippen LogP contribution in [0.3, 0.4) is 0 Å². The average Bonchev–Trinajstić information content (AvgIpc) is 3.05. The molecule has 6 heteroatoms. The fourth-order valence-corrected chi connectivity index (χ4v) is 2.99. The van der Waals surface area contributed by atoms with Gasteiger partial charge in [0.1, 0.15) is 11.3 Å². The predicted octanol–water partition coefficient (Wildman–Crippen LogP) is 1.26. The molecule has 2 aromatic rings. The molecule has 19 heavy (non-hydrogen) atoms. The Morgan fingerprint density at radius 1 is 1.42 bits per heavy atom. The van der Waals surface area contributed by atoms with Gasteiger partial charge in [0, 0.05) is 25.3 Å². The highest BCUT2D eigenvalue weighted by atomic mass is 32.2. The molecule has 1 aromatic heterocycles. The molecule has 102 valence electrons. The zero-order chi connectivity index (χ0) is 13.5. The van der Waals surface area contributed by atoms with Crippen LogP contribution in [0.4, 0.5) is 0 Å². The van der Waals surface area contributed by atoms with Crippen molar-refractivity contribution in [1.29, 1.82) is 0 Å². The SMILES string of the molecule is CS(=O)(=O)c1cccc2[nH]c(CCNC3CC3)nc12. The van der Waals surface area contributed by atoms with Crippen LogP contribution in [-0.2, 0) is 16.3 Å². The van der Waals surface area contributed by atoms with E-state index in [-0.39, 0.29) is 0 Å². The van der Waals surface area contributed by atoms with Crippen LogP contribution in [0.25, 0.3) is 11.0 Å². The van der Waals surface area contributed by atoms with E-state index in [0.29, 0.717) is 16.5 Å². The normalized spacial score (nSPS) is 16.1.